The molecule has 1 aromatic carbocycles. The van der Waals surface area contributed by atoms with Crippen molar-refractivity contribution in [2.45, 2.75) is 25.5 Å². The molecule has 0 spiro atoms. The number of allylic oxidation sites excluding steroid dienone is 1. The van der Waals surface area contributed by atoms with E-state index in [0.29, 0.717) is 12.8 Å². The average molecular weight is 287 g/mol. The van der Waals surface area contributed by atoms with Gasteiger partial charge in [-0.1, -0.05) is 36.9 Å². The number of carbonyl (C=O) groups excluding carboxylic acids is 2. The standard InChI is InChI=1S/C16H17NO4/c1-2-3-5-10-14-15(18)21-12-17(14)16(19)20-11-13-8-6-4-7-9-13/h3-4,6-9,14H,1,5,10-12H2/t14-/m0/s1. The summed E-state index contributed by atoms with van der Waals surface area (Å²) in [6.07, 6.45) is 2.25. The van der Waals surface area contributed by atoms with E-state index in [1.54, 1.807) is 6.08 Å². The van der Waals surface area contributed by atoms with E-state index in [4.69, 9.17) is 9.47 Å². The van der Waals surface area contributed by atoms with Crippen molar-refractivity contribution in [1.82, 2.24) is 4.90 Å². The van der Waals surface area contributed by atoms with Gasteiger partial charge in [0.2, 0.25) is 0 Å². The first-order chi connectivity index (χ1) is 10.2. The van der Waals surface area contributed by atoms with E-state index >= 15 is 0 Å². The molecule has 1 aliphatic rings. The van der Waals surface area contributed by atoms with Crippen LogP contribution in [-0.2, 0) is 20.9 Å². The van der Waals surface area contributed by atoms with Gasteiger partial charge in [0.05, 0.1) is 0 Å². The van der Waals surface area contributed by atoms with Crippen LogP contribution in [0.1, 0.15) is 18.4 Å². The van der Waals surface area contributed by atoms with Crippen molar-refractivity contribution in [3.05, 3.63) is 54.3 Å². The van der Waals surface area contributed by atoms with Crippen LogP contribution < -0.4 is 0 Å². The largest absolute Gasteiger partial charge is 0.444 e. The van der Waals surface area contributed by atoms with Gasteiger partial charge in [-0.3, -0.25) is 4.90 Å². The molecule has 0 radical (unpaired) electrons. The van der Waals surface area contributed by atoms with Gasteiger partial charge in [0.1, 0.15) is 12.6 Å². The lowest BCUT2D eigenvalue weighted by molar-refractivity contribution is -0.139. The molecule has 1 amide bonds. The summed E-state index contributed by atoms with van der Waals surface area (Å²) in [7, 11) is 0. The number of cyclic esters (lactones) is 1. The number of hydrogen-bond acceptors (Lipinski definition) is 4. The van der Waals surface area contributed by atoms with Gasteiger partial charge in [0.15, 0.2) is 6.73 Å². The van der Waals surface area contributed by atoms with Gasteiger partial charge < -0.3 is 9.47 Å². The molecule has 0 aliphatic carbocycles. The zero-order valence-corrected chi connectivity index (χ0v) is 11.7. The van der Waals surface area contributed by atoms with Crippen LogP contribution in [0.15, 0.2) is 48.7 Å². The number of hydrogen-bond donors (Lipinski definition) is 0. The van der Waals surface area contributed by atoms with E-state index in [1.807, 2.05) is 30.3 Å². The van der Waals surface area contributed by atoms with Crippen molar-refractivity contribution in [3.63, 3.8) is 0 Å². The SMILES string of the molecule is C=C=CCC[C@H]1C(=O)OCN1C(=O)OCc1ccccc1. The maximum Gasteiger partial charge on any atom is 0.413 e. The molecule has 21 heavy (non-hydrogen) atoms. The van der Waals surface area contributed by atoms with E-state index in [2.05, 4.69) is 12.3 Å². The topological polar surface area (TPSA) is 55.8 Å². The number of carbonyl (C=O) groups is 2. The number of benzene rings is 1. The van der Waals surface area contributed by atoms with Gasteiger partial charge in [-0.05, 0) is 24.5 Å². The Hall–Kier alpha value is -2.52. The van der Waals surface area contributed by atoms with Crippen LogP contribution >= 0.6 is 0 Å². The predicted octanol–water partition coefficient (Wildman–Crippen LogP) is 2.63. The molecule has 0 aromatic heterocycles. The number of esters is 1. The highest BCUT2D eigenvalue weighted by Crippen LogP contribution is 2.18. The molecular weight excluding hydrogens is 270 g/mol. The Labute approximate surface area is 123 Å². The fraction of sp³-hybridized carbons (Fsp3) is 0.312. The minimum absolute atomic E-state index is 0.0606. The molecule has 0 saturated carbocycles. The van der Waals surface area contributed by atoms with E-state index < -0.39 is 18.1 Å². The summed E-state index contributed by atoms with van der Waals surface area (Å²) in [5.41, 5.74) is 3.53. The number of rotatable bonds is 5. The van der Waals surface area contributed by atoms with Crippen LogP contribution in [0.2, 0.25) is 0 Å². The van der Waals surface area contributed by atoms with E-state index in [-0.39, 0.29) is 13.3 Å². The first-order valence-corrected chi connectivity index (χ1v) is 6.70. The van der Waals surface area contributed by atoms with Crippen molar-refractivity contribution < 1.29 is 19.1 Å². The van der Waals surface area contributed by atoms with Crippen molar-refractivity contribution in [2.24, 2.45) is 0 Å². The molecular formula is C16H17NO4. The zero-order valence-electron chi connectivity index (χ0n) is 11.7. The van der Waals surface area contributed by atoms with Gasteiger partial charge in [-0.2, -0.15) is 0 Å². The van der Waals surface area contributed by atoms with Crippen LogP contribution in [0, 0.1) is 0 Å². The van der Waals surface area contributed by atoms with Crippen molar-refractivity contribution in [2.75, 3.05) is 6.73 Å². The maximum atomic E-state index is 12.0. The molecule has 1 aromatic rings. The van der Waals surface area contributed by atoms with Crippen molar-refractivity contribution in [1.29, 1.82) is 0 Å². The first-order valence-electron chi connectivity index (χ1n) is 6.70. The Bertz CT molecular complexity index is 549. The quantitative estimate of drug-likeness (QED) is 0.617. The molecule has 0 N–H and O–H groups in total. The normalized spacial score (nSPS) is 17.0. The van der Waals surface area contributed by atoms with Gasteiger partial charge in [0.25, 0.3) is 0 Å². The van der Waals surface area contributed by atoms with Gasteiger partial charge in [-0.25, -0.2) is 9.59 Å². The Morgan fingerprint density at radius 3 is 2.95 bits per heavy atom. The fourth-order valence-electron chi connectivity index (χ4n) is 2.05. The van der Waals surface area contributed by atoms with Gasteiger partial charge in [-0.15, -0.1) is 5.73 Å². The Balaban J connectivity index is 1.90. The second-order valence-corrected chi connectivity index (χ2v) is 4.60. The van der Waals surface area contributed by atoms with Gasteiger partial charge in [0, 0.05) is 0 Å². The molecule has 1 heterocycles. The Morgan fingerprint density at radius 1 is 1.48 bits per heavy atom. The average Bonchev–Trinajstić information content (AvgIpc) is 2.87. The highest BCUT2D eigenvalue weighted by molar-refractivity contribution is 5.83. The lowest BCUT2D eigenvalue weighted by atomic mass is 10.1. The fourth-order valence-corrected chi connectivity index (χ4v) is 2.05. The molecule has 1 fully saturated rings. The molecule has 5 heteroatoms. The van der Waals surface area contributed by atoms with Crippen LogP contribution in [0.4, 0.5) is 4.79 Å². The molecule has 1 saturated heterocycles. The molecule has 2 rings (SSSR count). The number of nitrogens with zero attached hydrogens (tertiary/aromatic N) is 1. The van der Waals surface area contributed by atoms with Crippen LogP contribution in [-0.4, -0.2) is 29.7 Å². The zero-order chi connectivity index (χ0) is 15.1. The molecule has 1 atom stereocenters. The van der Waals surface area contributed by atoms with E-state index in [1.165, 1.54) is 4.90 Å². The lowest BCUT2D eigenvalue weighted by Gasteiger charge is -2.19. The third-order valence-electron chi connectivity index (χ3n) is 3.16. The smallest absolute Gasteiger partial charge is 0.413 e. The van der Waals surface area contributed by atoms with Crippen LogP contribution in [0.3, 0.4) is 0 Å². The molecule has 110 valence electrons. The monoisotopic (exact) mass is 287 g/mol. The summed E-state index contributed by atoms with van der Waals surface area (Å²) in [4.78, 5) is 25.0. The summed E-state index contributed by atoms with van der Waals surface area (Å²) in [6, 6.07) is 8.77. The van der Waals surface area contributed by atoms with Crippen LogP contribution in [0.25, 0.3) is 0 Å². The molecule has 5 nitrogen and oxygen atoms in total. The minimum Gasteiger partial charge on any atom is -0.444 e. The van der Waals surface area contributed by atoms with E-state index in [0.717, 1.165) is 5.56 Å². The third kappa shape index (κ3) is 3.97. The summed E-state index contributed by atoms with van der Waals surface area (Å²) >= 11 is 0. The Kier molecular flexibility index (Phi) is 5.18. The number of amides is 1. The number of ether oxygens (including phenoxy) is 2. The van der Waals surface area contributed by atoms with Gasteiger partial charge >= 0.3 is 12.1 Å². The maximum absolute atomic E-state index is 12.0. The first kappa shape index (κ1) is 14.9. The summed E-state index contributed by atoms with van der Waals surface area (Å²) in [5.74, 6) is -0.399. The summed E-state index contributed by atoms with van der Waals surface area (Å²) in [5, 5.41) is 0. The summed E-state index contributed by atoms with van der Waals surface area (Å²) in [6.45, 7) is 3.57. The second kappa shape index (κ2) is 7.31. The molecule has 1 aliphatic heterocycles. The minimum atomic E-state index is -0.599. The lowest BCUT2D eigenvalue weighted by Crippen LogP contribution is -2.38. The Morgan fingerprint density at radius 2 is 2.24 bits per heavy atom. The van der Waals surface area contributed by atoms with Crippen LogP contribution in [0.5, 0.6) is 0 Å². The third-order valence-corrected chi connectivity index (χ3v) is 3.16. The summed E-state index contributed by atoms with van der Waals surface area (Å²) < 4.78 is 10.1. The highest BCUT2D eigenvalue weighted by atomic mass is 16.6. The molecule has 0 bridgehead atoms. The highest BCUT2D eigenvalue weighted by Gasteiger charge is 2.38. The molecule has 0 unspecified atom stereocenters. The van der Waals surface area contributed by atoms with Crippen molar-refractivity contribution >= 4 is 12.1 Å². The van der Waals surface area contributed by atoms with Crippen molar-refractivity contribution in [3.8, 4) is 0 Å². The second-order valence-electron chi connectivity index (χ2n) is 4.60. The predicted molar refractivity (Wildman–Crippen MR) is 76.2 cm³/mol. The van der Waals surface area contributed by atoms with E-state index in [9.17, 15) is 9.59 Å².